The quantitative estimate of drug-likeness (QED) is 0.447. The van der Waals surface area contributed by atoms with Crippen molar-refractivity contribution in [2.45, 2.75) is 25.6 Å². The van der Waals surface area contributed by atoms with E-state index in [1.54, 1.807) is 24.3 Å². The summed E-state index contributed by atoms with van der Waals surface area (Å²) in [5.74, 6) is -0.318. The van der Waals surface area contributed by atoms with Crippen LogP contribution in [0.5, 0.6) is 0 Å². The topological polar surface area (TPSA) is 64.0 Å². The Morgan fingerprint density at radius 1 is 0.939 bits per heavy atom. The van der Waals surface area contributed by atoms with Crippen LogP contribution in [0, 0.1) is 0 Å². The minimum absolute atomic E-state index is 0.00151. The summed E-state index contributed by atoms with van der Waals surface area (Å²) < 4.78 is 41.2. The van der Waals surface area contributed by atoms with Gasteiger partial charge in [-0.25, -0.2) is 4.98 Å². The third kappa shape index (κ3) is 5.28. The molecule has 4 aromatic rings. The first-order valence-electron chi connectivity index (χ1n) is 10.3. The molecule has 0 aliphatic carbocycles. The average Bonchev–Trinajstić information content (AvgIpc) is 2.80. The molecule has 0 radical (unpaired) electrons. The summed E-state index contributed by atoms with van der Waals surface area (Å²) in [4.78, 5) is 29.7. The summed E-state index contributed by atoms with van der Waals surface area (Å²) in [5, 5.41) is 2.73. The van der Waals surface area contributed by atoms with Gasteiger partial charge in [-0.1, -0.05) is 48.5 Å². The number of para-hydroxylation sites is 1. The second kappa shape index (κ2) is 9.28. The van der Waals surface area contributed by atoms with Crippen molar-refractivity contribution in [2.75, 3.05) is 5.32 Å². The van der Waals surface area contributed by atoms with Crippen molar-refractivity contribution < 1.29 is 18.0 Å². The molecule has 33 heavy (non-hydrogen) atoms. The number of amides is 1. The molecule has 0 saturated heterocycles. The van der Waals surface area contributed by atoms with Crippen LogP contribution in [0.15, 0.2) is 83.7 Å². The van der Waals surface area contributed by atoms with E-state index in [0.29, 0.717) is 11.2 Å². The van der Waals surface area contributed by atoms with Gasteiger partial charge >= 0.3 is 6.18 Å². The highest BCUT2D eigenvalue weighted by atomic mass is 19.4. The highest BCUT2D eigenvalue weighted by molar-refractivity contribution is 5.90. The normalized spacial score (nSPS) is 11.5. The summed E-state index contributed by atoms with van der Waals surface area (Å²) in [6.07, 6.45) is -4.57. The van der Waals surface area contributed by atoms with Gasteiger partial charge in [0.25, 0.3) is 5.56 Å². The van der Waals surface area contributed by atoms with Crippen LogP contribution in [-0.4, -0.2) is 15.5 Å². The number of carbonyl (C=O) groups excluding carboxylic acids is 1. The molecule has 0 atom stereocenters. The number of aromatic nitrogens is 2. The number of aryl methyl sites for hydroxylation is 1. The highest BCUT2D eigenvalue weighted by Gasteiger charge is 2.31. The number of nitrogens with zero attached hydrogens (tertiary/aromatic N) is 2. The number of carbonyl (C=O) groups is 1. The Kier molecular flexibility index (Phi) is 6.26. The van der Waals surface area contributed by atoms with Crippen LogP contribution in [-0.2, 0) is 23.9 Å². The lowest BCUT2D eigenvalue weighted by atomic mass is 10.1. The van der Waals surface area contributed by atoms with Crippen LogP contribution >= 0.6 is 0 Å². The summed E-state index contributed by atoms with van der Waals surface area (Å²) >= 11 is 0. The molecular weight excluding hydrogens is 431 g/mol. The Hall–Kier alpha value is -3.94. The molecule has 0 saturated carbocycles. The Morgan fingerprint density at radius 2 is 1.61 bits per heavy atom. The number of hydrogen-bond donors (Lipinski definition) is 1. The van der Waals surface area contributed by atoms with Gasteiger partial charge in [0.15, 0.2) is 0 Å². The van der Waals surface area contributed by atoms with E-state index in [-0.39, 0.29) is 36.5 Å². The van der Waals surface area contributed by atoms with Crippen molar-refractivity contribution in [3.8, 4) is 0 Å². The highest BCUT2D eigenvalue weighted by Crippen LogP contribution is 2.31. The average molecular weight is 451 g/mol. The third-order valence-electron chi connectivity index (χ3n) is 5.17. The predicted octanol–water partition coefficient (Wildman–Crippen LogP) is 5.03. The SMILES string of the molecule is O=C(CCc1nc2cc(C(F)(F)F)ccc2n(Cc2ccccc2)c1=O)Nc1ccccc1. The van der Waals surface area contributed by atoms with Gasteiger partial charge in [0.05, 0.1) is 23.1 Å². The number of rotatable bonds is 6. The van der Waals surface area contributed by atoms with Crippen molar-refractivity contribution in [1.29, 1.82) is 0 Å². The first-order valence-corrected chi connectivity index (χ1v) is 10.3. The molecule has 1 aromatic heterocycles. The number of anilines is 1. The second-order valence-electron chi connectivity index (χ2n) is 7.55. The summed E-state index contributed by atoms with van der Waals surface area (Å²) in [5.41, 5.74) is 0.554. The van der Waals surface area contributed by atoms with Crippen molar-refractivity contribution in [1.82, 2.24) is 9.55 Å². The number of benzene rings is 3. The molecule has 0 aliphatic rings. The number of fused-ring (bicyclic) bond motifs is 1. The second-order valence-corrected chi connectivity index (χ2v) is 7.55. The van der Waals surface area contributed by atoms with E-state index < -0.39 is 17.3 Å². The Balaban J connectivity index is 1.69. The standard InChI is InChI=1S/C25H20F3N3O2/c26-25(27,28)18-11-13-22-21(15-18)30-20(12-14-23(32)29-19-9-5-2-6-10-19)24(33)31(22)16-17-7-3-1-4-8-17/h1-11,13,15H,12,14,16H2,(H,29,32). The van der Waals surface area contributed by atoms with Crippen molar-refractivity contribution in [2.24, 2.45) is 0 Å². The van der Waals surface area contributed by atoms with Crippen LogP contribution in [0.3, 0.4) is 0 Å². The Bertz CT molecular complexity index is 1330. The lowest BCUT2D eigenvalue weighted by molar-refractivity contribution is -0.137. The number of nitrogens with one attached hydrogen (secondary N) is 1. The molecule has 0 spiro atoms. The lowest BCUT2D eigenvalue weighted by Crippen LogP contribution is -2.27. The fourth-order valence-electron chi connectivity index (χ4n) is 3.54. The molecular formula is C25H20F3N3O2. The zero-order chi connectivity index (χ0) is 23.4. The fourth-order valence-corrected chi connectivity index (χ4v) is 3.54. The molecule has 0 unspecified atom stereocenters. The van der Waals surface area contributed by atoms with E-state index in [2.05, 4.69) is 10.3 Å². The Morgan fingerprint density at radius 3 is 2.27 bits per heavy atom. The molecule has 8 heteroatoms. The summed E-state index contributed by atoms with van der Waals surface area (Å²) in [7, 11) is 0. The van der Waals surface area contributed by atoms with Gasteiger partial charge in [-0.2, -0.15) is 13.2 Å². The maximum atomic E-state index is 13.3. The number of hydrogen-bond acceptors (Lipinski definition) is 3. The van der Waals surface area contributed by atoms with E-state index in [9.17, 15) is 22.8 Å². The molecule has 0 bridgehead atoms. The largest absolute Gasteiger partial charge is 0.416 e. The zero-order valence-corrected chi connectivity index (χ0v) is 17.5. The van der Waals surface area contributed by atoms with Gasteiger partial charge in [0, 0.05) is 18.5 Å². The number of halogens is 3. The maximum Gasteiger partial charge on any atom is 0.416 e. The maximum absolute atomic E-state index is 13.3. The van der Waals surface area contributed by atoms with Crippen LogP contribution < -0.4 is 10.9 Å². The lowest BCUT2D eigenvalue weighted by Gasteiger charge is -2.14. The molecule has 168 valence electrons. The van der Waals surface area contributed by atoms with Crippen molar-refractivity contribution >= 4 is 22.6 Å². The van der Waals surface area contributed by atoms with Crippen LogP contribution in [0.25, 0.3) is 11.0 Å². The molecule has 0 aliphatic heterocycles. The van der Waals surface area contributed by atoms with Gasteiger partial charge in [-0.05, 0) is 35.9 Å². The van der Waals surface area contributed by atoms with E-state index >= 15 is 0 Å². The van der Waals surface area contributed by atoms with Gasteiger partial charge in [0.1, 0.15) is 5.69 Å². The van der Waals surface area contributed by atoms with E-state index in [0.717, 1.165) is 17.7 Å². The molecule has 1 N–H and O–H groups in total. The van der Waals surface area contributed by atoms with Crippen LogP contribution in [0.2, 0.25) is 0 Å². The fraction of sp³-hybridized carbons (Fsp3) is 0.160. The van der Waals surface area contributed by atoms with Crippen LogP contribution in [0.1, 0.15) is 23.2 Å². The summed E-state index contributed by atoms with van der Waals surface area (Å²) in [6.45, 7) is 0.174. The third-order valence-corrected chi connectivity index (χ3v) is 5.17. The zero-order valence-electron chi connectivity index (χ0n) is 17.5. The first-order chi connectivity index (χ1) is 15.8. The molecule has 1 amide bonds. The summed E-state index contributed by atoms with van der Waals surface area (Å²) in [6, 6.07) is 21.1. The van der Waals surface area contributed by atoms with Gasteiger partial charge < -0.3 is 9.88 Å². The van der Waals surface area contributed by atoms with Gasteiger partial charge in [-0.3, -0.25) is 9.59 Å². The molecule has 3 aromatic carbocycles. The molecule has 4 rings (SSSR count). The monoisotopic (exact) mass is 451 g/mol. The van der Waals surface area contributed by atoms with Crippen molar-refractivity contribution in [3.63, 3.8) is 0 Å². The van der Waals surface area contributed by atoms with Gasteiger partial charge in [0.2, 0.25) is 5.91 Å². The molecule has 0 fully saturated rings. The van der Waals surface area contributed by atoms with E-state index in [1.807, 2.05) is 36.4 Å². The minimum Gasteiger partial charge on any atom is -0.326 e. The molecule has 1 heterocycles. The predicted molar refractivity (Wildman–Crippen MR) is 120 cm³/mol. The number of alkyl halides is 3. The van der Waals surface area contributed by atoms with E-state index in [4.69, 9.17) is 0 Å². The first kappa shape index (κ1) is 22.3. The van der Waals surface area contributed by atoms with Crippen molar-refractivity contribution in [3.05, 3.63) is 106 Å². The smallest absolute Gasteiger partial charge is 0.326 e. The van der Waals surface area contributed by atoms with E-state index in [1.165, 1.54) is 10.6 Å². The minimum atomic E-state index is -4.54. The molecule has 5 nitrogen and oxygen atoms in total. The Labute approximate surface area is 187 Å². The van der Waals surface area contributed by atoms with Crippen LogP contribution in [0.4, 0.5) is 18.9 Å². The van der Waals surface area contributed by atoms with Gasteiger partial charge in [-0.15, -0.1) is 0 Å².